The quantitative estimate of drug-likeness (QED) is 0.860. The van der Waals surface area contributed by atoms with Crippen molar-refractivity contribution in [3.63, 3.8) is 0 Å². The normalized spacial score (nSPS) is 11.3. The average molecular weight is 240 g/mol. The van der Waals surface area contributed by atoms with Crippen LogP contribution in [0.15, 0.2) is 18.2 Å². The van der Waals surface area contributed by atoms with E-state index >= 15 is 0 Å². The number of carboxylic acid groups (broad SMARTS) is 1. The van der Waals surface area contributed by atoms with Gasteiger partial charge in [-0.1, -0.05) is 6.07 Å². The molecule has 0 atom stereocenters. The Balaban J connectivity index is 3.02. The van der Waals surface area contributed by atoms with E-state index in [4.69, 9.17) is 9.84 Å². The average Bonchev–Trinajstić information content (AvgIpc) is 2.24. The highest BCUT2D eigenvalue weighted by Crippen LogP contribution is 2.29. The number of ether oxygens (including phenoxy) is 1. The van der Waals surface area contributed by atoms with Gasteiger partial charge in [-0.25, -0.2) is 4.39 Å². The summed E-state index contributed by atoms with van der Waals surface area (Å²) >= 11 is 0. The molecule has 0 unspecified atom stereocenters. The third-order valence-electron chi connectivity index (χ3n) is 2.58. The van der Waals surface area contributed by atoms with Gasteiger partial charge >= 0.3 is 5.97 Å². The predicted molar refractivity (Wildman–Crippen MR) is 63.1 cm³/mol. The van der Waals surface area contributed by atoms with Crippen LogP contribution in [-0.4, -0.2) is 18.2 Å². The highest BCUT2D eigenvalue weighted by Gasteiger charge is 2.20. The number of alkyl halides is 1. The fourth-order valence-corrected chi connectivity index (χ4v) is 1.59. The Morgan fingerprint density at radius 3 is 2.59 bits per heavy atom. The van der Waals surface area contributed by atoms with Crippen molar-refractivity contribution in [3.05, 3.63) is 29.3 Å². The lowest BCUT2D eigenvalue weighted by Gasteiger charge is -2.17. The van der Waals surface area contributed by atoms with E-state index < -0.39 is 11.6 Å². The van der Waals surface area contributed by atoms with Crippen LogP contribution in [0, 0.1) is 0 Å². The van der Waals surface area contributed by atoms with Gasteiger partial charge in [0.15, 0.2) is 0 Å². The molecule has 4 heteroatoms. The fourth-order valence-electron chi connectivity index (χ4n) is 1.59. The zero-order chi connectivity index (χ0) is 13.1. The third kappa shape index (κ3) is 3.73. The maximum Gasteiger partial charge on any atom is 0.303 e. The van der Waals surface area contributed by atoms with Gasteiger partial charge in [-0.2, -0.15) is 0 Å². The van der Waals surface area contributed by atoms with Gasteiger partial charge in [0.05, 0.1) is 7.11 Å². The molecule has 0 saturated carbocycles. The molecule has 1 aromatic carbocycles. The Morgan fingerprint density at radius 2 is 2.12 bits per heavy atom. The van der Waals surface area contributed by atoms with Crippen LogP contribution in [-0.2, 0) is 16.9 Å². The van der Waals surface area contributed by atoms with Crippen LogP contribution in [0.3, 0.4) is 0 Å². The molecule has 0 aliphatic heterocycles. The lowest BCUT2D eigenvalue weighted by molar-refractivity contribution is -0.136. The van der Waals surface area contributed by atoms with Crippen LogP contribution in [0.2, 0.25) is 0 Å². The summed E-state index contributed by atoms with van der Waals surface area (Å²) in [5.74, 6) is -0.281. The maximum absolute atomic E-state index is 13.8. The van der Waals surface area contributed by atoms with E-state index in [1.165, 1.54) is 21.0 Å². The van der Waals surface area contributed by atoms with E-state index in [-0.39, 0.29) is 6.42 Å². The minimum atomic E-state index is -1.44. The first kappa shape index (κ1) is 13.5. The minimum Gasteiger partial charge on any atom is -0.496 e. The molecular formula is C13H17FO3. The first-order valence-electron chi connectivity index (χ1n) is 5.42. The standard InChI is InChI=1S/C13H17FO3/c1-13(2,14)10-5-6-11(17-3)9(8-10)4-7-12(15)16/h5-6,8H,4,7H2,1-3H3,(H,15,16). The molecule has 0 bridgehead atoms. The van der Waals surface area contributed by atoms with Gasteiger partial charge in [0, 0.05) is 6.42 Å². The highest BCUT2D eigenvalue weighted by molar-refractivity contribution is 5.67. The number of halogens is 1. The van der Waals surface area contributed by atoms with Crippen LogP contribution >= 0.6 is 0 Å². The van der Waals surface area contributed by atoms with Crippen LogP contribution in [0.5, 0.6) is 5.75 Å². The van der Waals surface area contributed by atoms with Crippen molar-refractivity contribution in [2.45, 2.75) is 32.4 Å². The number of carboxylic acids is 1. The van der Waals surface area contributed by atoms with E-state index in [2.05, 4.69) is 0 Å². The molecule has 0 saturated heterocycles. The predicted octanol–water partition coefficient (Wildman–Crippen LogP) is 2.92. The molecule has 0 aliphatic carbocycles. The van der Waals surface area contributed by atoms with E-state index in [0.717, 1.165) is 5.56 Å². The topological polar surface area (TPSA) is 46.5 Å². The van der Waals surface area contributed by atoms with Gasteiger partial charge in [-0.15, -0.1) is 0 Å². The highest BCUT2D eigenvalue weighted by atomic mass is 19.1. The molecule has 0 aliphatic rings. The number of methoxy groups -OCH3 is 1. The molecule has 94 valence electrons. The van der Waals surface area contributed by atoms with Gasteiger partial charge in [-0.3, -0.25) is 4.79 Å². The molecule has 0 heterocycles. The van der Waals surface area contributed by atoms with E-state index in [9.17, 15) is 9.18 Å². The molecule has 3 nitrogen and oxygen atoms in total. The Bertz CT molecular complexity index is 408. The van der Waals surface area contributed by atoms with E-state index in [1.807, 2.05) is 0 Å². The van der Waals surface area contributed by atoms with Crippen LogP contribution in [0.25, 0.3) is 0 Å². The number of benzene rings is 1. The largest absolute Gasteiger partial charge is 0.496 e. The molecule has 0 spiro atoms. The molecule has 0 aromatic heterocycles. The summed E-state index contributed by atoms with van der Waals surface area (Å²) in [6.07, 6.45) is 0.342. The van der Waals surface area contributed by atoms with Crippen molar-refractivity contribution in [1.82, 2.24) is 0 Å². The zero-order valence-electron chi connectivity index (χ0n) is 10.3. The summed E-state index contributed by atoms with van der Waals surface area (Å²) in [6, 6.07) is 5.00. The minimum absolute atomic E-state index is 0.00648. The van der Waals surface area contributed by atoms with Crippen molar-refractivity contribution in [2.75, 3.05) is 7.11 Å². The summed E-state index contributed by atoms with van der Waals surface area (Å²) in [5, 5.41) is 8.65. The van der Waals surface area contributed by atoms with Gasteiger partial charge < -0.3 is 9.84 Å². The Labute approximate surface area is 100 Å². The van der Waals surface area contributed by atoms with Gasteiger partial charge in [-0.05, 0) is 43.5 Å². The molecular weight excluding hydrogens is 223 g/mol. The summed E-state index contributed by atoms with van der Waals surface area (Å²) in [7, 11) is 1.51. The second-order valence-corrected chi connectivity index (χ2v) is 4.39. The van der Waals surface area contributed by atoms with Crippen molar-refractivity contribution in [2.24, 2.45) is 0 Å². The summed E-state index contributed by atoms with van der Waals surface area (Å²) < 4.78 is 18.9. The maximum atomic E-state index is 13.8. The Kier molecular flexibility index (Phi) is 4.10. The first-order chi connectivity index (χ1) is 7.84. The lowest BCUT2D eigenvalue weighted by atomic mass is 9.96. The molecule has 1 rings (SSSR count). The van der Waals surface area contributed by atoms with Crippen molar-refractivity contribution in [1.29, 1.82) is 0 Å². The number of aryl methyl sites for hydroxylation is 1. The second kappa shape index (κ2) is 5.17. The number of carbonyl (C=O) groups is 1. The summed E-state index contributed by atoms with van der Waals surface area (Å²) in [4.78, 5) is 10.5. The van der Waals surface area contributed by atoms with E-state index in [1.54, 1.807) is 18.2 Å². The molecule has 0 amide bonds. The molecule has 1 aromatic rings. The van der Waals surface area contributed by atoms with Crippen LogP contribution < -0.4 is 4.74 Å². The van der Waals surface area contributed by atoms with E-state index in [0.29, 0.717) is 17.7 Å². The first-order valence-corrected chi connectivity index (χ1v) is 5.42. The monoisotopic (exact) mass is 240 g/mol. The summed E-state index contributed by atoms with van der Waals surface area (Å²) in [5.41, 5.74) is -0.193. The van der Waals surface area contributed by atoms with Crippen molar-refractivity contribution in [3.8, 4) is 5.75 Å². The Morgan fingerprint density at radius 1 is 1.47 bits per heavy atom. The SMILES string of the molecule is COc1ccc(C(C)(C)F)cc1CCC(=O)O. The zero-order valence-corrected chi connectivity index (χ0v) is 10.3. The number of rotatable bonds is 5. The van der Waals surface area contributed by atoms with Crippen molar-refractivity contribution >= 4 is 5.97 Å². The number of aliphatic carboxylic acids is 1. The third-order valence-corrected chi connectivity index (χ3v) is 2.58. The van der Waals surface area contributed by atoms with Gasteiger partial charge in [0.2, 0.25) is 0 Å². The number of hydrogen-bond donors (Lipinski definition) is 1. The van der Waals surface area contributed by atoms with Crippen LogP contribution in [0.4, 0.5) is 4.39 Å². The second-order valence-electron chi connectivity index (χ2n) is 4.39. The fraction of sp³-hybridized carbons (Fsp3) is 0.462. The van der Waals surface area contributed by atoms with Gasteiger partial charge in [0.25, 0.3) is 0 Å². The summed E-state index contributed by atoms with van der Waals surface area (Å²) in [6.45, 7) is 2.94. The number of hydrogen-bond acceptors (Lipinski definition) is 2. The molecule has 0 radical (unpaired) electrons. The van der Waals surface area contributed by atoms with Gasteiger partial charge in [0.1, 0.15) is 11.4 Å². The molecule has 1 N–H and O–H groups in total. The lowest BCUT2D eigenvalue weighted by Crippen LogP contribution is -2.10. The molecule has 17 heavy (non-hydrogen) atoms. The molecule has 0 fully saturated rings. The van der Waals surface area contributed by atoms with Crippen molar-refractivity contribution < 1.29 is 19.0 Å². The van der Waals surface area contributed by atoms with Crippen LogP contribution in [0.1, 0.15) is 31.4 Å². The Hall–Kier alpha value is -1.58. The smallest absolute Gasteiger partial charge is 0.303 e.